The highest BCUT2D eigenvalue weighted by atomic mass is 16.5. The molecule has 4 rings (SSSR count). The first-order valence-electron chi connectivity index (χ1n) is 11.4. The van der Waals surface area contributed by atoms with E-state index >= 15 is 0 Å². The van der Waals surface area contributed by atoms with Crippen LogP contribution in [0.4, 0.5) is 0 Å². The smallest absolute Gasteiger partial charge is 0.359 e. The Morgan fingerprint density at radius 2 is 1.97 bits per heavy atom. The average Bonchev–Trinajstić information content (AvgIpc) is 3.17. The van der Waals surface area contributed by atoms with Gasteiger partial charge in [0, 0.05) is 42.6 Å². The molecular weight excluding hydrogens is 424 g/mol. The number of carbonyl (C=O) groups is 2. The molecule has 3 heterocycles. The summed E-state index contributed by atoms with van der Waals surface area (Å²) in [7, 11) is 2.63. The molecule has 0 saturated carbocycles. The number of hydrogen-bond donors (Lipinski definition) is 2. The van der Waals surface area contributed by atoms with Crippen LogP contribution in [-0.2, 0) is 31.2 Å². The number of esters is 2. The van der Waals surface area contributed by atoms with Crippen LogP contribution in [-0.4, -0.2) is 58.9 Å². The van der Waals surface area contributed by atoms with Gasteiger partial charge in [-0.05, 0) is 37.3 Å². The Labute approximate surface area is 193 Å². The molecule has 0 saturated heterocycles. The zero-order valence-corrected chi connectivity index (χ0v) is 19.4. The SMILES string of the molecule is CC[C@]12CCCN(/C=C/C(=O)OC)CCc3c(n(c4ccccc34)[C@@](O)(C(=O)OC)C1)[C@@H]2O. The number of ether oxygens (including phenoxy) is 2. The number of benzene rings is 1. The molecule has 3 atom stereocenters. The van der Waals surface area contributed by atoms with Gasteiger partial charge in [0.2, 0.25) is 5.72 Å². The summed E-state index contributed by atoms with van der Waals surface area (Å²) in [6.07, 6.45) is 4.90. The Morgan fingerprint density at radius 3 is 2.67 bits per heavy atom. The molecule has 2 aliphatic rings. The van der Waals surface area contributed by atoms with Gasteiger partial charge in [-0.2, -0.15) is 0 Å². The highest BCUT2D eigenvalue weighted by Gasteiger charge is 2.57. The fraction of sp³-hybridized carbons (Fsp3) is 0.520. The molecule has 8 heteroatoms. The van der Waals surface area contributed by atoms with E-state index in [9.17, 15) is 19.8 Å². The Hall–Kier alpha value is -2.84. The Balaban J connectivity index is 1.92. The Kier molecular flexibility index (Phi) is 6.24. The van der Waals surface area contributed by atoms with E-state index in [0.29, 0.717) is 43.6 Å². The van der Waals surface area contributed by atoms with E-state index in [-0.39, 0.29) is 6.42 Å². The predicted molar refractivity (Wildman–Crippen MR) is 122 cm³/mol. The van der Waals surface area contributed by atoms with Gasteiger partial charge in [0.25, 0.3) is 0 Å². The number of nitrogens with zero attached hydrogens (tertiary/aromatic N) is 2. The van der Waals surface area contributed by atoms with Crippen molar-refractivity contribution in [3.05, 3.63) is 47.8 Å². The van der Waals surface area contributed by atoms with Gasteiger partial charge in [-0.15, -0.1) is 0 Å². The number of aliphatic hydroxyl groups excluding tert-OH is 1. The summed E-state index contributed by atoms with van der Waals surface area (Å²) in [6, 6.07) is 7.58. The maximum atomic E-state index is 13.0. The van der Waals surface area contributed by atoms with Crippen molar-refractivity contribution in [3.63, 3.8) is 0 Å². The van der Waals surface area contributed by atoms with Crippen LogP contribution in [0.25, 0.3) is 10.9 Å². The number of fused-ring (bicyclic) bond motifs is 4. The molecule has 0 fully saturated rings. The molecule has 0 spiro atoms. The third-order valence-corrected chi connectivity index (χ3v) is 7.44. The maximum Gasteiger partial charge on any atom is 0.359 e. The van der Waals surface area contributed by atoms with E-state index in [2.05, 4.69) is 4.90 Å². The first-order valence-corrected chi connectivity index (χ1v) is 11.4. The van der Waals surface area contributed by atoms with E-state index in [1.807, 2.05) is 31.2 Å². The predicted octanol–water partition coefficient (Wildman–Crippen LogP) is 2.62. The summed E-state index contributed by atoms with van der Waals surface area (Å²) in [4.78, 5) is 26.7. The second kappa shape index (κ2) is 8.83. The van der Waals surface area contributed by atoms with Gasteiger partial charge in [0.05, 0.1) is 25.4 Å². The molecule has 2 bridgehead atoms. The summed E-state index contributed by atoms with van der Waals surface area (Å²) in [5.41, 5.74) is -0.430. The normalized spacial score (nSPS) is 27.5. The molecular formula is C25H32N2O6. The third kappa shape index (κ3) is 3.71. The minimum Gasteiger partial charge on any atom is -0.466 e. The maximum absolute atomic E-state index is 13.0. The monoisotopic (exact) mass is 456 g/mol. The van der Waals surface area contributed by atoms with Gasteiger partial charge in [0.1, 0.15) is 6.10 Å². The quantitative estimate of drug-likeness (QED) is 0.539. The standard InChI is InChI=1S/C25H32N2O6/c1-4-24-12-7-13-26(15-11-20(28)32-2)14-10-18-17-8-5-6-9-19(17)27(21(18)22(24)29)25(31,16-24)23(30)33-3/h5-6,8-9,11,15,22,29,31H,4,7,10,12-14,16H2,1-3H3/b15-11+/t22-,24-,25-/m0/s1. The number of methoxy groups -OCH3 is 2. The molecule has 2 aromatic rings. The second-order valence-electron chi connectivity index (χ2n) is 9.05. The van der Waals surface area contributed by atoms with Gasteiger partial charge >= 0.3 is 11.9 Å². The highest BCUT2D eigenvalue weighted by Crippen LogP contribution is 2.55. The van der Waals surface area contributed by atoms with Gasteiger partial charge in [-0.3, -0.25) is 0 Å². The van der Waals surface area contributed by atoms with Crippen molar-refractivity contribution in [2.75, 3.05) is 27.3 Å². The first-order chi connectivity index (χ1) is 15.8. The van der Waals surface area contributed by atoms with Crippen LogP contribution >= 0.6 is 0 Å². The lowest BCUT2D eigenvalue weighted by Crippen LogP contribution is -2.54. The van der Waals surface area contributed by atoms with Gasteiger partial charge in [-0.1, -0.05) is 25.1 Å². The minimum absolute atomic E-state index is 0.0630. The average molecular weight is 457 g/mol. The molecule has 1 aromatic heterocycles. The Morgan fingerprint density at radius 1 is 1.21 bits per heavy atom. The summed E-state index contributed by atoms with van der Waals surface area (Å²) < 4.78 is 11.4. The molecule has 0 unspecified atom stereocenters. The van der Waals surface area contributed by atoms with Crippen LogP contribution in [0.3, 0.4) is 0 Å². The number of aromatic nitrogens is 1. The molecule has 2 aliphatic heterocycles. The van der Waals surface area contributed by atoms with E-state index in [1.165, 1.54) is 20.3 Å². The van der Waals surface area contributed by atoms with Crippen LogP contribution < -0.4 is 0 Å². The lowest BCUT2D eigenvalue weighted by atomic mass is 9.66. The first kappa shape index (κ1) is 23.3. The van der Waals surface area contributed by atoms with Crippen molar-refractivity contribution >= 4 is 22.8 Å². The van der Waals surface area contributed by atoms with Crippen molar-refractivity contribution in [2.45, 2.75) is 50.9 Å². The van der Waals surface area contributed by atoms with Crippen molar-refractivity contribution in [2.24, 2.45) is 5.41 Å². The third-order valence-electron chi connectivity index (χ3n) is 7.44. The zero-order valence-electron chi connectivity index (χ0n) is 19.4. The van der Waals surface area contributed by atoms with Crippen LogP contribution in [0, 0.1) is 5.41 Å². The van der Waals surface area contributed by atoms with Gasteiger partial charge in [-0.25, -0.2) is 9.59 Å². The van der Waals surface area contributed by atoms with Crippen LogP contribution in [0.5, 0.6) is 0 Å². The van der Waals surface area contributed by atoms with E-state index in [4.69, 9.17) is 9.47 Å². The largest absolute Gasteiger partial charge is 0.466 e. The lowest BCUT2D eigenvalue weighted by molar-refractivity contribution is -0.194. The number of para-hydroxylation sites is 1. The van der Waals surface area contributed by atoms with Crippen molar-refractivity contribution in [1.29, 1.82) is 0 Å². The summed E-state index contributed by atoms with van der Waals surface area (Å²) in [6.45, 7) is 3.27. The molecule has 0 amide bonds. The van der Waals surface area contributed by atoms with Crippen LogP contribution in [0.2, 0.25) is 0 Å². The Bertz CT molecular complexity index is 1090. The van der Waals surface area contributed by atoms with Crippen LogP contribution in [0.1, 0.15) is 50.0 Å². The van der Waals surface area contributed by atoms with E-state index in [0.717, 1.165) is 17.4 Å². The molecule has 1 aromatic carbocycles. The molecule has 0 radical (unpaired) electrons. The molecule has 2 N–H and O–H groups in total. The molecule has 8 nitrogen and oxygen atoms in total. The van der Waals surface area contributed by atoms with Crippen molar-refractivity contribution in [1.82, 2.24) is 9.47 Å². The van der Waals surface area contributed by atoms with Crippen LogP contribution in [0.15, 0.2) is 36.5 Å². The number of carbonyl (C=O) groups excluding carboxylic acids is 2. The van der Waals surface area contributed by atoms with E-state index in [1.54, 1.807) is 10.8 Å². The lowest BCUT2D eigenvalue weighted by Gasteiger charge is -2.49. The topological polar surface area (TPSA) is 101 Å². The second-order valence-corrected chi connectivity index (χ2v) is 9.05. The van der Waals surface area contributed by atoms with E-state index < -0.39 is 29.2 Å². The fourth-order valence-electron chi connectivity index (χ4n) is 5.66. The fourth-order valence-corrected chi connectivity index (χ4v) is 5.66. The molecule has 33 heavy (non-hydrogen) atoms. The number of hydrogen-bond acceptors (Lipinski definition) is 7. The summed E-state index contributed by atoms with van der Waals surface area (Å²) >= 11 is 0. The highest BCUT2D eigenvalue weighted by molar-refractivity contribution is 5.89. The molecule has 178 valence electrons. The van der Waals surface area contributed by atoms with Gasteiger partial charge < -0.3 is 29.2 Å². The summed E-state index contributed by atoms with van der Waals surface area (Å²) in [5, 5.41) is 24.4. The van der Waals surface area contributed by atoms with Gasteiger partial charge in [0.15, 0.2) is 0 Å². The van der Waals surface area contributed by atoms with Crippen molar-refractivity contribution in [3.8, 4) is 0 Å². The summed E-state index contributed by atoms with van der Waals surface area (Å²) in [5.74, 6) is -1.13. The minimum atomic E-state index is -1.90. The van der Waals surface area contributed by atoms with Crippen molar-refractivity contribution < 1.29 is 29.3 Å². The molecule has 0 aliphatic carbocycles. The number of rotatable bonds is 4. The number of aliphatic hydroxyl groups is 2. The zero-order chi connectivity index (χ0) is 23.8.